The summed E-state index contributed by atoms with van der Waals surface area (Å²) >= 11 is 0. The second-order valence-electron chi connectivity index (χ2n) is 5.38. The SMILES string of the molecule is C/C(=C\C(C)Nc1nc(F)nc2c1ncn2C1CCO1)CO. The number of nitrogens with zero attached hydrogens (tertiary/aromatic N) is 4. The van der Waals surface area contributed by atoms with Crippen LogP contribution in [0.3, 0.4) is 0 Å². The molecule has 22 heavy (non-hydrogen) atoms. The van der Waals surface area contributed by atoms with Crippen LogP contribution in [0.5, 0.6) is 0 Å². The highest BCUT2D eigenvalue weighted by atomic mass is 19.1. The Bertz CT molecular complexity index is 711. The van der Waals surface area contributed by atoms with Crippen molar-refractivity contribution in [2.24, 2.45) is 0 Å². The van der Waals surface area contributed by atoms with Gasteiger partial charge in [-0.3, -0.25) is 4.57 Å². The number of aromatic nitrogens is 4. The van der Waals surface area contributed by atoms with Gasteiger partial charge in [-0.15, -0.1) is 0 Å². The number of hydrogen-bond donors (Lipinski definition) is 2. The molecule has 0 saturated carbocycles. The number of aliphatic hydroxyl groups excluding tert-OH is 1. The molecule has 2 aromatic rings. The van der Waals surface area contributed by atoms with Gasteiger partial charge in [0, 0.05) is 12.5 Å². The van der Waals surface area contributed by atoms with Crippen molar-refractivity contribution in [2.45, 2.75) is 32.5 Å². The molecule has 3 heterocycles. The monoisotopic (exact) mass is 307 g/mol. The minimum Gasteiger partial charge on any atom is -0.392 e. The normalized spacial score (nSPS) is 20.0. The molecule has 2 atom stereocenters. The van der Waals surface area contributed by atoms with Crippen LogP contribution in [-0.2, 0) is 4.74 Å². The number of fused-ring (bicyclic) bond motifs is 1. The fraction of sp³-hybridized carbons (Fsp3) is 0.500. The van der Waals surface area contributed by atoms with Crippen LogP contribution in [0.2, 0.25) is 0 Å². The molecular weight excluding hydrogens is 289 g/mol. The lowest BCUT2D eigenvalue weighted by molar-refractivity contribution is -0.0974. The predicted octanol–water partition coefficient (Wildman–Crippen LogP) is 1.62. The summed E-state index contributed by atoms with van der Waals surface area (Å²) in [4.78, 5) is 11.9. The number of anilines is 1. The average molecular weight is 307 g/mol. The van der Waals surface area contributed by atoms with Gasteiger partial charge >= 0.3 is 6.08 Å². The third-order valence-electron chi connectivity index (χ3n) is 3.53. The van der Waals surface area contributed by atoms with Gasteiger partial charge in [0.25, 0.3) is 0 Å². The van der Waals surface area contributed by atoms with Crippen molar-refractivity contribution in [3.8, 4) is 0 Å². The first-order valence-electron chi connectivity index (χ1n) is 7.15. The Morgan fingerprint density at radius 3 is 3.05 bits per heavy atom. The lowest BCUT2D eigenvalue weighted by Gasteiger charge is -2.27. The van der Waals surface area contributed by atoms with Gasteiger partial charge in [-0.05, 0) is 13.8 Å². The standard InChI is InChI=1S/C14H18FN5O2/c1-8(6-21)5-9(2)17-12-11-13(19-14(15)18-12)20(7-16-11)10-3-4-22-10/h5,7,9-10,21H,3-4,6H2,1-2H3,(H,17,18,19)/b8-5+. The largest absolute Gasteiger partial charge is 0.392 e. The van der Waals surface area contributed by atoms with Crippen molar-refractivity contribution in [3.05, 3.63) is 24.1 Å². The maximum Gasteiger partial charge on any atom is 0.312 e. The lowest BCUT2D eigenvalue weighted by atomic mass is 10.2. The highest BCUT2D eigenvalue weighted by Gasteiger charge is 2.24. The van der Waals surface area contributed by atoms with Crippen LogP contribution in [0.1, 0.15) is 26.5 Å². The van der Waals surface area contributed by atoms with Crippen LogP contribution in [0.25, 0.3) is 11.2 Å². The van der Waals surface area contributed by atoms with Gasteiger partial charge < -0.3 is 15.2 Å². The first-order chi connectivity index (χ1) is 10.6. The van der Waals surface area contributed by atoms with E-state index in [1.54, 1.807) is 10.9 Å². The van der Waals surface area contributed by atoms with Crippen molar-refractivity contribution >= 4 is 17.0 Å². The van der Waals surface area contributed by atoms with E-state index in [0.717, 1.165) is 12.0 Å². The fourth-order valence-corrected chi connectivity index (χ4v) is 2.38. The Kier molecular flexibility index (Phi) is 4.04. The molecular formula is C14H18FN5O2. The molecule has 3 rings (SSSR count). The van der Waals surface area contributed by atoms with Crippen molar-refractivity contribution < 1.29 is 14.2 Å². The van der Waals surface area contributed by atoms with Crippen LogP contribution >= 0.6 is 0 Å². The number of imidazole rings is 1. The highest BCUT2D eigenvalue weighted by molar-refractivity contribution is 5.83. The molecule has 0 amide bonds. The zero-order valence-electron chi connectivity index (χ0n) is 12.5. The van der Waals surface area contributed by atoms with Crippen molar-refractivity contribution in [3.63, 3.8) is 0 Å². The van der Waals surface area contributed by atoms with Crippen LogP contribution in [0.4, 0.5) is 10.2 Å². The Labute approximate surface area is 126 Å². The molecule has 1 saturated heterocycles. The molecule has 1 aliphatic rings. The minimum absolute atomic E-state index is 0.0206. The summed E-state index contributed by atoms with van der Waals surface area (Å²) in [5, 5.41) is 12.1. The van der Waals surface area contributed by atoms with Gasteiger partial charge in [-0.2, -0.15) is 14.4 Å². The topological polar surface area (TPSA) is 85.1 Å². The number of nitrogens with one attached hydrogen (secondary N) is 1. The van der Waals surface area contributed by atoms with E-state index in [4.69, 9.17) is 9.84 Å². The Hall–Kier alpha value is -2.06. The molecule has 0 aliphatic carbocycles. The molecule has 2 unspecified atom stereocenters. The molecule has 8 heteroatoms. The van der Waals surface area contributed by atoms with Gasteiger partial charge in [0.15, 0.2) is 17.0 Å². The highest BCUT2D eigenvalue weighted by Crippen LogP contribution is 2.28. The Morgan fingerprint density at radius 2 is 2.41 bits per heavy atom. The van der Waals surface area contributed by atoms with Gasteiger partial charge in [-0.1, -0.05) is 11.6 Å². The second-order valence-corrected chi connectivity index (χ2v) is 5.38. The van der Waals surface area contributed by atoms with Gasteiger partial charge in [0.1, 0.15) is 6.23 Å². The van der Waals surface area contributed by atoms with Gasteiger partial charge in [0.2, 0.25) is 0 Å². The van der Waals surface area contributed by atoms with E-state index < -0.39 is 6.08 Å². The number of rotatable bonds is 5. The molecule has 0 spiro atoms. The van der Waals surface area contributed by atoms with Crippen LogP contribution < -0.4 is 5.32 Å². The smallest absolute Gasteiger partial charge is 0.312 e. The quantitative estimate of drug-likeness (QED) is 0.645. The molecule has 1 fully saturated rings. The predicted molar refractivity (Wildman–Crippen MR) is 78.8 cm³/mol. The number of aliphatic hydroxyl groups is 1. The maximum atomic E-state index is 13.7. The van der Waals surface area contributed by atoms with Gasteiger partial charge in [-0.25, -0.2) is 4.98 Å². The summed E-state index contributed by atoms with van der Waals surface area (Å²) in [6, 6.07) is -0.130. The molecule has 7 nitrogen and oxygen atoms in total. The summed E-state index contributed by atoms with van der Waals surface area (Å²) in [6.07, 6.45) is 3.34. The molecule has 0 bridgehead atoms. The van der Waals surface area contributed by atoms with E-state index in [9.17, 15) is 4.39 Å². The van der Waals surface area contributed by atoms with E-state index in [1.807, 2.05) is 19.9 Å². The first kappa shape index (κ1) is 14.9. The summed E-state index contributed by atoms with van der Waals surface area (Å²) in [7, 11) is 0. The average Bonchev–Trinajstić information content (AvgIpc) is 2.80. The van der Waals surface area contributed by atoms with E-state index in [-0.39, 0.29) is 18.9 Å². The summed E-state index contributed by atoms with van der Waals surface area (Å²) in [6.45, 7) is 4.37. The third kappa shape index (κ3) is 2.79. The van der Waals surface area contributed by atoms with E-state index >= 15 is 0 Å². The number of halogens is 1. The Balaban J connectivity index is 1.94. The van der Waals surface area contributed by atoms with Crippen molar-refractivity contribution in [2.75, 3.05) is 18.5 Å². The molecule has 1 aliphatic heterocycles. The zero-order valence-corrected chi connectivity index (χ0v) is 12.5. The maximum absolute atomic E-state index is 13.7. The molecule has 118 valence electrons. The number of hydrogen-bond acceptors (Lipinski definition) is 6. The van der Waals surface area contributed by atoms with Crippen LogP contribution in [0.15, 0.2) is 18.0 Å². The summed E-state index contributed by atoms with van der Waals surface area (Å²) in [5.74, 6) is 0.329. The second kappa shape index (κ2) is 5.98. The molecule has 0 aromatic carbocycles. The molecule has 2 N–H and O–H groups in total. The minimum atomic E-state index is -0.814. The van der Waals surface area contributed by atoms with Crippen LogP contribution in [-0.4, -0.2) is 43.9 Å². The van der Waals surface area contributed by atoms with Crippen molar-refractivity contribution in [1.82, 2.24) is 19.5 Å². The van der Waals surface area contributed by atoms with Crippen molar-refractivity contribution in [1.29, 1.82) is 0 Å². The molecule has 0 radical (unpaired) electrons. The Morgan fingerprint density at radius 1 is 1.64 bits per heavy atom. The van der Waals surface area contributed by atoms with Gasteiger partial charge in [0.05, 0.1) is 19.5 Å². The zero-order chi connectivity index (χ0) is 15.7. The fourth-order valence-electron chi connectivity index (χ4n) is 2.38. The molecule has 2 aromatic heterocycles. The summed E-state index contributed by atoms with van der Waals surface area (Å²) in [5.41, 5.74) is 1.73. The van der Waals surface area contributed by atoms with E-state index in [0.29, 0.717) is 23.6 Å². The summed E-state index contributed by atoms with van der Waals surface area (Å²) < 4.78 is 20.8. The first-order valence-corrected chi connectivity index (χ1v) is 7.15. The number of ether oxygens (including phenoxy) is 1. The lowest BCUT2D eigenvalue weighted by Crippen LogP contribution is -2.24. The van der Waals surface area contributed by atoms with E-state index in [1.165, 1.54) is 0 Å². The van der Waals surface area contributed by atoms with Crippen LogP contribution in [0, 0.1) is 6.08 Å². The third-order valence-corrected chi connectivity index (χ3v) is 3.53. The van der Waals surface area contributed by atoms with E-state index in [2.05, 4.69) is 20.3 Å².